The van der Waals surface area contributed by atoms with E-state index in [0.717, 1.165) is 31.5 Å². The third kappa shape index (κ3) is 3.82. The van der Waals surface area contributed by atoms with E-state index in [1.54, 1.807) is 5.56 Å². The third-order valence-corrected chi connectivity index (χ3v) is 9.42. The summed E-state index contributed by atoms with van der Waals surface area (Å²) in [4.78, 5) is 17.6. The van der Waals surface area contributed by atoms with Crippen molar-refractivity contribution in [3.8, 4) is 0 Å². The lowest BCUT2D eigenvalue weighted by molar-refractivity contribution is 0.0724. The molecule has 0 N–H and O–H groups in total. The molecule has 2 saturated heterocycles. The standard InChI is InChI=1S/C31H38N2O/c1-23-22-33(20-17-31(23)16-15-25-7-3-4-8-29(25)31)28-14-13-27(21-28)24-9-11-26(12-10-24)30(34)32-18-5-2-6-19-32/h3-4,7-12,15-16,23,27-28H,2,5-6,13-14,17-22H2,1H3/t23-,27?,28?,31?/m0/s1. The van der Waals surface area contributed by atoms with E-state index in [1.807, 2.05) is 4.90 Å². The average molecular weight is 455 g/mol. The number of piperidine rings is 2. The van der Waals surface area contributed by atoms with Gasteiger partial charge in [-0.25, -0.2) is 0 Å². The van der Waals surface area contributed by atoms with Gasteiger partial charge in [0.15, 0.2) is 0 Å². The van der Waals surface area contributed by atoms with E-state index in [4.69, 9.17) is 0 Å². The summed E-state index contributed by atoms with van der Waals surface area (Å²) in [7, 11) is 0. The number of hydrogen-bond donors (Lipinski definition) is 0. The van der Waals surface area contributed by atoms with Crippen molar-refractivity contribution < 1.29 is 4.79 Å². The number of hydrogen-bond acceptors (Lipinski definition) is 2. The summed E-state index contributed by atoms with van der Waals surface area (Å²) < 4.78 is 0. The van der Waals surface area contributed by atoms with Crippen molar-refractivity contribution in [3.05, 3.63) is 76.9 Å². The number of carbonyl (C=O) groups excluding carboxylic acids is 1. The first-order chi connectivity index (χ1) is 16.6. The molecule has 3 heteroatoms. The molecule has 3 fully saturated rings. The van der Waals surface area contributed by atoms with Crippen LogP contribution >= 0.6 is 0 Å². The Morgan fingerprint density at radius 3 is 2.53 bits per heavy atom. The first-order valence-electron chi connectivity index (χ1n) is 13.6. The van der Waals surface area contributed by atoms with E-state index >= 15 is 0 Å². The van der Waals surface area contributed by atoms with Gasteiger partial charge in [-0.3, -0.25) is 4.79 Å². The number of nitrogens with zero attached hydrogens (tertiary/aromatic N) is 2. The van der Waals surface area contributed by atoms with Gasteiger partial charge >= 0.3 is 0 Å². The van der Waals surface area contributed by atoms with Crippen molar-refractivity contribution in [2.24, 2.45) is 5.92 Å². The molecule has 0 aromatic heterocycles. The van der Waals surface area contributed by atoms with Crippen LogP contribution in [0.4, 0.5) is 0 Å². The molecule has 34 heavy (non-hydrogen) atoms. The van der Waals surface area contributed by atoms with E-state index < -0.39 is 0 Å². The molecule has 6 rings (SSSR count). The van der Waals surface area contributed by atoms with E-state index in [0.29, 0.717) is 17.9 Å². The van der Waals surface area contributed by atoms with Gasteiger partial charge in [-0.05, 0) is 92.1 Å². The number of carbonyl (C=O) groups is 1. The minimum Gasteiger partial charge on any atom is -0.339 e. The van der Waals surface area contributed by atoms with Crippen molar-refractivity contribution in [1.82, 2.24) is 9.80 Å². The largest absolute Gasteiger partial charge is 0.339 e. The molecule has 2 aromatic carbocycles. The molecule has 3 unspecified atom stereocenters. The lowest BCUT2D eigenvalue weighted by Gasteiger charge is -2.46. The Bertz CT molecular complexity index is 1070. The summed E-state index contributed by atoms with van der Waals surface area (Å²) in [5, 5.41) is 0. The molecule has 2 aliphatic carbocycles. The SMILES string of the molecule is C[C@H]1CN(C2CCC(c3ccc(C(=O)N4CCCCC4)cc3)C2)CCC12C=Cc1ccccc12. The molecule has 178 valence electrons. The quantitative estimate of drug-likeness (QED) is 0.547. The highest BCUT2D eigenvalue weighted by molar-refractivity contribution is 5.94. The van der Waals surface area contributed by atoms with Crippen molar-refractivity contribution in [3.63, 3.8) is 0 Å². The van der Waals surface area contributed by atoms with Crippen LogP contribution in [0.25, 0.3) is 6.08 Å². The van der Waals surface area contributed by atoms with Crippen LogP contribution in [0.15, 0.2) is 54.6 Å². The Morgan fingerprint density at radius 1 is 0.941 bits per heavy atom. The van der Waals surface area contributed by atoms with Gasteiger partial charge < -0.3 is 9.80 Å². The molecule has 2 aromatic rings. The number of fused-ring (bicyclic) bond motifs is 2. The molecule has 2 heterocycles. The maximum absolute atomic E-state index is 12.8. The Labute approximate surface area is 204 Å². The summed E-state index contributed by atoms with van der Waals surface area (Å²) in [5.41, 5.74) is 5.49. The molecule has 2 aliphatic heterocycles. The number of likely N-dealkylation sites (tertiary alicyclic amines) is 2. The second kappa shape index (κ2) is 9.00. The van der Waals surface area contributed by atoms with E-state index in [1.165, 1.54) is 56.3 Å². The van der Waals surface area contributed by atoms with Crippen LogP contribution < -0.4 is 0 Å². The zero-order valence-corrected chi connectivity index (χ0v) is 20.6. The highest BCUT2D eigenvalue weighted by atomic mass is 16.2. The summed E-state index contributed by atoms with van der Waals surface area (Å²) in [6, 6.07) is 18.3. The van der Waals surface area contributed by atoms with Crippen molar-refractivity contribution in [1.29, 1.82) is 0 Å². The summed E-state index contributed by atoms with van der Waals surface area (Å²) in [6.07, 6.45) is 13.5. The lowest BCUT2D eigenvalue weighted by Crippen LogP contribution is -2.50. The molecule has 0 bridgehead atoms. The first kappa shape index (κ1) is 22.1. The van der Waals surface area contributed by atoms with Crippen LogP contribution in [0, 0.1) is 5.92 Å². The average Bonchev–Trinajstić information content (AvgIpc) is 3.53. The molecule has 1 amide bonds. The Hall–Kier alpha value is -2.39. The Morgan fingerprint density at radius 2 is 1.74 bits per heavy atom. The molecular formula is C31H38N2O. The molecule has 3 nitrogen and oxygen atoms in total. The Balaban J connectivity index is 1.08. The summed E-state index contributed by atoms with van der Waals surface area (Å²) in [5.74, 6) is 1.48. The van der Waals surface area contributed by atoms with Crippen LogP contribution in [-0.2, 0) is 5.41 Å². The van der Waals surface area contributed by atoms with Crippen LogP contribution in [0.3, 0.4) is 0 Å². The number of allylic oxidation sites excluding steroid dienone is 1. The van der Waals surface area contributed by atoms with Crippen LogP contribution in [-0.4, -0.2) is 47.9 Å². The molecule has 1 saturated carbocycles. The van der Waals surface area contributed by atoms with Crippen LogP contribution in [0.5, 0.6) is 0 Å². The fourth-order valence-electron chi connectivity index (χ4n) is 7.32. The summed E-state index contributed by atoms with van der Waals surface area (Å²) >= 11 is 0. The van der Waals surface area contributed by atoms with Gasteiger partial charge in [0.1, 0.15) is 0 Å². The van der Waals surface area contributed by atoms with Crippen molar-refractivity contribution in [2.75, 3.05) is 26.2 Å². The van der Waals surface area contributed by atoms with Gasteiger partial charge in [0.05, 0.1) is 0 Å². The fourth-order valence-corrected chi connectivity index (χ4v) is 7.32. The monoisotopic (exact) mass is 454 g/mol. The highest BCUT2D eigenvalue weighted by Gasteiger charge is 2.45. The van der Waals surface area contributed by atoms with Gasteiger partial charge in [-0.15, -0.1) is 0 Å². The zero-order chi connectivity index (χ0) is 23.1. The second-order valence-electron chi connectivity index (χ2n) is 11.2. The highest BCUT2D eigenvalue weighted by Crippen LogP contribution is 2.48. The van der Waals surface area contributed by atoms with Gasteiger partial charge in [-0.1, -0.05) is 55.5 Å². The topological polar surface area (TPSA) is 23.6 Å². The van der Waals surface area contributed by atoms with Crippen LogP contribution in [0.2, 0.25) is 0 Å². The van der Waals surface area contributed by atoms with Gasteiger partial charge in [-0.2, -0.15) is 0 Å². The minimum atomic E-state index is 0.217. The van der Waals surface area contributed by atoms with Gasteiger partial charge in [0.25, 0.3) is 5.91 Å². The van der Waals surface area contributed by atoms with E-state index in [9.17, 15) is 4.79 Å². The van der Waals surface area contributed by atoms with Crippen molar-refractivity contribution >= 4 is 12.0 Å². The number of benzene rings is 2. The van der Waals surface area contributed by atoms with Crippen molar-refractivity contribution in [2.45, 2.75) is 69.2 Å². The number of amides is 1. The third-order valence-electron chi connectivity index (χ3n) is 9.42. The fraction of sp³-hybridized carbons (Fsp3) is 0.516. The molecule has 1 spiro atoms. The molecule has 4 aliphatic rings. The Kier molecular flexibility index (Phi) is 5.85. The molecule has 4 atom stereocenters. The normalized spacial score (nSPS) is 31.2. The molecular weight excluding hydrogens is 416 g/mol. The predicted octanol–water partition coefficient (Wildman–Crippen LogP) is 6.26. The first-order valence-corrected chi connectivity index (χ1v) is 13.6. The number of rotatable bonds is 3. The maximum atomic E-state index is 12.8. The summed E-state index contributed by atoms with van der Waals surface area (Å²) in [6.45, 7) is 6.69. The maximum Gasteiger partial charge on any atom is 0.253 e. The minimum absolute atomic E-state index is 0.217. The second-order valence-corrected chi connectivity index (χ2v) is 11.2. The molecule has 0 radical (unpaired) electrons. The van der Waals surface area contributed by atoms with Crippen LogP contribution in [0.1, 0.15) is 84.8 Å². The lowest BCUT2D eigenvalue weighted by atomic mass is 9.68. The zero-order valence-electron chi connectivity index (χ0n) is 20.6. The van der Waals surface area contributed by atoms with Gasteiger partial charge in [0, 0.05) is 36.7 Å². The smallest absolute Gasteiger partial charge is 0.253 e. The van der Waals surface area contributed by atoms with Gasteiger partial charge in [0.2, 0.25) is 0 Å². The predicted molar refractivity (Wildman–Crippen MR) is 139 cm³/mol. The van der Waals surface area contributed by atoms with E-state index in [-0.39, 0.29) is 11.3 Å². The van der Waals surface area contributed by atoms with E-state index in [2.05, 4.69) is 72.5 Å².